The molecule has 0 atom stereocenters. The Hall–Kier alpha value is -2.08. The SMILES string of the molecule is C=CCc1cc(C=NNC(=S)NC)cc(OC)c1O. The van der Waals surface area contributed by atoms with Gasteiger partial charge in [0, 0.05) is 12.6 Å². The minimum Gasteiger partial charge on any atom is -0.504 e. The van der Waals surface area contributed by atoms with Crippen LogP contribution >= 0.6 is 12.2 Å². The molecule has 0 aliphatic heterocycles. The first-order valence-corrected chi connectivity index (χ1v) is 6.04. The number of rotatable bonds is 5. The zero-order valence-corrected chi connectivity index (χ0v) is 11.8. The molecule has 0 aliphatic carbocycles. The van der Waals surface area contributed by atoms with Crippen LogP contribution in [0.25, 0.3) is 0 Å². The molecule has 0 radical (unpaired) electrons. The highest BCUT2D eigenvalue weighted by Crippen LogP contribution is 2.31. The molecule has 0 bridgehead atoms. The van der Waals surface area contributed by atoms with E-state index in [1.54, 1.807) is 25.4 Å². The van der Waals surface area contributed by atoms with Gasteiger partial charge >= 0.3 is 0 Å². The van der Waals surface area contributed by atoms with Gasteiger partial charge in [0.15, 0.2) is 16.6 Å². The predicted octanol–water partition coefficient (Wildman–Crippen LogP) is 1.56. The number of nitrogens with one attached hydrogen (secondary N) is 2. The van der Waals surface area contributed by atoms with E-state index in [2.05, 4.69) is 22.4 Å². The number of ether oxygens (including phenoxy) is 1. The maximum absolute atomic E-state index is 9.93. The van der Waals surface area contributed by atoms with Gasteiger partial charge in [-0.1, -0.05) is 6.08 Å². The molecular weight excluding hydrogens is 262 g/mol. The van der Waals surface area contributed by atoms with Crippen LogP contribution in [0.5, 0.6) is 11.5 Å². The number of aromatic hydroxyl groups is 1. The van der Waals surface area contributed by atoms with Gasteiger partial charge in [-0.25, -0.2) is 0 Å². The van der Waals surface area contributed by atoms with E-state index in [0.29, 0.717) is 17.3 Å². The van der Waals surface area contributed by atoms with E-state index in [0.717, 1.165) is 11.1 Å². The second-order valence-corrected chi connectivity index (χ2v) is 4.08. The third kappa shape index (κ3) is 4.26. The van der Waals surface area contributed by atoms with Gasteiger partial charge in [-0.3, -0.25) is 5.43 Å². The minimum atomic E-state index is 0.123. The average molecular weight is 279 g/mol. The third-order valence-corrected chi connectivity index (χ3v) is 2.66. The quantitative estimate of drug-likeness (QED) is 0.330. The molecule has 1 aromatic carbocycles. The molecule has 0 saturated heterocycles. The lowest BCUT2D eigenvalue weighted by atomic mass is 10.1. The first kappa shape index (κ1) is 15.0. The summed E-state index contributed by atoms with van der Waals surface area (Å²) < 4.78 is 5.12. The van der Waals surface area contributed by atoms with Crippen molar-refractivity contribution in [3.8, 4) is 11.5 Å². The van der Waals surface area contributed by atoms with E-state index in [-0.39, 0.29) is 5.75 Å². The van der Waals surface area contributed by atoms with Crippen LogP contribution in [0.15, 0.2) is 29.9 Å². The number of methoxy groups -OCH3 is 1. The number of hydrazone groups is 1. The number of nitrogens with zero attached hydrogens (tertiary/aromatic N) is 1. The Kier molecular flexibility index (Phi) is 5.81. The lowest BCUT2D eigenvalue weighted by Crippen LogP contribution is -2.28. The molecule has 3 N–H and O–H groups in total. The van der Waals surface area contributed by atoms with Crippen LogP contribution in [0.2, 0.25) is 0 Å². The number of hydrogen-bond donors (Lipinski definition) is 3. The number of hydrogen-bond acceptors (Lipinski definition) is 4. The summed E-state index contributed by atoms with van der Waals surface area (Å²) in [7, 11) is 3.21. The molecule has 0 saturated carbocycles. The monoisotopic (exact) mass is 279 g/mol. The Labute approximate surface area is 118 Å². The van der Waals surface area contributed by atoms with Crippen molar-refractivity contribution in [2.24, 2.45) is 5.10 Å². The van der Waals surface area contributed by atoms with E-state index < -0.39 is 0 Å². The van der Waals surface area contributed by atoms with Crippen LogP contribution in [0.1, 0.15) is 11.1 Å². The Morgan fingerprint density at radius 1 is 1.58 bits per heavy atom. The normalized spacial score (nSPS) is 10.2. The molecule has 5 nitrogen and oxygen atoms in total. The third-order valence-electron chi connectivity index (χ3n) is 2.37. The summed E-state index contributed by atoms with van der Waals surface area (Å²) in [5.74, 6) is 0.523. The van der Waals surface area contributed by atoms with Gasteiger partial charge in [0.2, 0.25) is 0 Å². The lowest BCUT2D eigenvalue weighted by molar-refractivity contribution is 0.371. The number of thiocarbonyl (C=S) groups is 1. The smallest absolute Gasteiger partial charge is 0.186 e. The van der Waals surface area contributed by atoms with E-state index in [1.807, 2.05) is 6.07 Å². The second kappa shape index (κ2) is 7.38. The van der Waals surface area contributed by atoms with Crippen molar-refractivity contribution < 1.29 is 9.84 Å². The molecule has 0 aliphatic rings. The molecule has 1 aromatic rings. The lowest BCUT2D eigenvalue weighted by Gasteiger charge is -2.09. The molecule has 0 unspecified atom stereocenters. The number of benzene rings is 1. The zero-order valence-electron chi connectivity index (χ0n) is 10.9. The van der Waals surface area contributed by atoms with Crippen LogP contribution in [0.3, 0.4) is 0 Å². The largest absolute Gasteiger partial charge is 0.504 e. The summed E-state index contributed by atoms with van der Waals surface area (Å²) in [6.45, 7) is 3.66. The number of phenols is 1. The summed E-state index contributed by atoms with van der Waals surface area (Å²) in [5.41, 5.74) is 4.17. The van der Waals surface area contributed by atoms with E-state index in [9.17, 15) is 5.11 Å². The van der Waals surface area contributed by atoms with Gasteiger partial charge in [0.25, 0.3) is 0 Å². The van der Waals surface area contributed by atoms with Gasteiger partial charge in [-0.05, 0) is 36.3 Å². The Bertz CT molecular complexity index is 501. The van der Waals surface area contributed by atoms with Gasteiger partial charge < -0.3 is 15.2 Å². The first-order chi connectivity index (χ1) is 9.12. The highest BCUT2D eigenvalue weighted by atomic mass is 32.1. The molecule has 0 amide bonds. The topological polar surface area (TPSA) is 65.9 Å². The molecular formula is C13H17N3O2S. The van der Waals surface area contributed by atoms with Gasteiger partial charge in [-0.15, -0.1) is 6.58 Å². The summed E-state index contributed by atoms with van der Waals surface area (Å²) in [6.07, 6.45) is 3.86. The highest BCUT2D eigenvalue weighted by molar-refractivity contribution is 7.80. The molecule has 0 aromatic heterocycles. The Morgan fingerprint density at radius 2 is 2.32 bits per heavy atom. The van der Waals surface area contributed by atoms with Crippen LogP contribution in [0.4, 0.5) is 0 Å². The standard InChI is InChI=1S/C13H17N3O2S/c1-4-5-10-6-9(7-11(18-3)12(10)17)8-15-16-13(19)14-2/h4,6-8,17H,1,5H2,2-3H3,(H2,14,16,19). The predicted molar refractivity (Wildman–Crippen MR) is 80.9 cm³/mol. The summed E-state index contributed by atoms with van der Waals surface area (Å²) in [5, 5.41) is 17.1. The molecule has 0 heterocycles. The summed E-state index contributed by atoms with van der Waals surface area (Å²) >= 11 is 4.89. The molecule has 0 spiro atoms. The van der Waals surface area contributed by atoms with Crippen LogP contribution < -0.4 is 15.5 Å². The van der Waals surface area contributed by atoms with Crippen molar-refractivity contribution in [1.29, 1.82) is 0 Å². The van der Waals surface area contributed by atoms with Crippen molar-refractivity contribution >= 4 is 23.5 Å². The maximum atomic E-state index is 9.93. The Balaban J connectivity index is 2.97. The van der Waals surface area contributed by atoms with Crippen molar-refractivity contribution in [2.45, 2.75) is 6.42 Å². The highest BCUT2D eigenvalue weighted by Gasteiger charge is 2.08. The van der Waals surface area contributed by atoms with Gasteiger partial charge in [0.05, 0.1) is 13.3 Å². The van der Waals surface area contributed by atoms with E-state index in [4.69, 9.17) is 17.0 Å². The van der Waals surface area contributed by atoms with Crippen molar-refractivity contribution in [2.75, 3.05) is 14.2 Å². The first-order valence-electron chi connectivity index (χ1n) is 5.64. The fraction of sp³-hybridized carbons (Fsp3) is 0.231. The molecule has 0 fully saturated rings. The molecule has 1 rings (SSSR count). The second-order valence-electron chi connectivity index (χ2n) is 3.67. The minimum absolute atomic E-state index is 0.123. The Morgan fingerprint density at radius 3 is 2.89 bits per heavy atom. The fourth-order valence-electron chi connectivity index (χ4n) is 1.45. The zero-order chi connectivity index (χ0) is 14.3. The number of phenolic OH excluding ortho intramolecular Hbond substituents is 1. The number of allylic oxidation sites excluding steroid dienone is 1. The van der Waals surface area contributed by atoms with Crippen LogP contribution in [-0.4, -0.2) is 30.6 Å². The van der Waals surface area contributed by atoms with E-state index >= 15 is 0 Å². The summed E-state index contributed by atoms with van der Waals surface area (Å²) in [6, 6.07) is 3.50. The molecule has 19 heavy (non-hydrogen) atoms. The average Bonchev–Trinajstić information content (AvgIpc) is 2.42. The van der Waals surface area contributed by atoms with Gasteiger partial charge in [0.1, 0.15) is 0 Å². The molecule has 6 heteroatoms. The maximum Gasteiger partial charge on any atom is 0.186 e. The van der Waals surface area contributed by atoms with Crippen LogP contribution in [0, 0.1) is 0 Å². The van der Waals surface area contributed by atoms with Crippen molar-refractivity contribution in [3.63, 3.8) is 0 Å². The van der Waals surface area contributed by atoms with Gasteiger partial charge in [-0.2, -0.15) is 5.10 Å². The summed E-state index contributed by atoms with van der Waals surface area (Å²) in [4.78, 5) is 0. The fourth-order valence-corrected chi connectivity index (χ4v) is 1.50. The van der Waals surface area contributed by atoms with Crippen molar-refractivity contribution in [1.82, 2.24) is 10.7 Å². The van der Waals surface area contributed by atoms with Crippen LogP contribution in [-0.2, 0) is 6.42 Å². The molecule has 102 valence electrons. The van der Waals surface area contributed by atoms with E-state index in [1.165, 1.54) is 7.11 Å². The van der Waals surface area contributed by atoms with Crippen molar-refractivity contribution in [3.05, 3.63) is 35.9 Å².